The summed E-state index contributed by atoms with van der Waals surface area (Å²) in [5.74, 6) is -1.00. The van der Waals surface area contributed by atoms with Crippen molar-refractivity contribution in [3.63, 3.8) is 0 Å². The summed E-state index contributed by atoms with van der Waals surface area (Å²) in [5, 5.41) is 26.2. The Morgan fingerprint density at radius 3 is 2.41 bits per heavy atom. The number of hydrogen-bond acceptors (Lipinski definition) is 4. The number of benzene rings is 3. The number of carboxylic acids is 1. The molecule has 0 saturated carbocycles. The van der Waals surface area contributed by atoms with Gasteiger partial charge in [0.05, 0.1) is 11.6 Å². The molecule has 3 aromatic rings. The molecule has 0 bridgehead atoms. The molecule has 0 spiro atoms. The normalized spacial score (nSPS) is 11.6. The van der Waals surface area contributed by atoms with Gasteiger partial charge < -0.3 is 16.2 Å². The summed E-state index contributed by atoms with van der Waals surface area (Å²) < 4.78 is 0. The lowest BCUT2D eigenvalue weighted by molar-refractivity contribution is -0.131. The summed E-state index contributed by atoms with van der Waals surface area (Å²) in [7, 11) is 0. The first-order valence-electron chi connectivity index (χ1n) is 10.1. The number of allylic oxidation sites excluding steroid dienone is 1. The Hall–Kier alpha value is -4.43. The van der Waals surface area contributed by atoms with Crippen molar-refractivity contribution in [1.29, 1.82) is 10.7 Å². The highest BCUT2D eigenvalue weighted by atomic mass is 16.4. The van der Waals surface area contributed by atoms with Crippen molar-refractivity contribution >= 4 is 35.1 Å². The van der Waals surface area contributed by atoms with Gasteiger partial charge in [0.25, 0.3) is 0 Å². The molecule has 0 fully saturated rings. The van der Waals surface area contributed by atoms with Crippen LogP contribution in [-0.2, 0) is 4.79 Å². The van der Waals surface area contributed by atoms with E-state index in [2.05, 4.69) is 6.07 Å². The van der Waals surface area contributed by atoms with E-state index in [1.54, 1.807) is 12.1 Å². The molecule has 0 atom stereocenters. The average molecular weight is 422 g/mol. The van der Waals surface area contributed by atoms with E-state index in [1.165, 1.54) is 12.3 Å². The highest BCUT2D eigenvalue weighted by Crippen LogP contribution is 2.36. The number of hydrogen-bond donors (Lipinski definition) is 3. The van der Waals surface area contributed by atoms with Crippen molar-refractivity contribution in [2.24, 2.45) is 0 Å². The van der Waals surface area contributed by atoms with E-state index in [1.807, 2.05) is 61.5 Å². The summed E-state index contributed by atoms with van der Waals surface area (Å²) in [5.41, 5.74) is 13.1. The molecule has 0 aromatic heterocycles. The predicted octanol–water partition coefficient (Wildman–Crippen LogP) is 5.61. The van der Waals surface area contributed by atoms with Crippen LogP contribution in [-0.4, -0.2) is 17.3 Å². The van der Waals surface area contributed by atoms with Crippen LogP contribution in [0.4, 0.5) is 5.69 Å². The van der Waals surface area contributed by atoms with E-state index in [0.29, 0.717) is 23.2 Å². The van der Waals surface area contributed by atoms with Crippen LogP contribution in [0, 0.1) is 16.7 Å². The quantitative estimate of drug-likeness (QED) is 0.199. The fourth-order valence-electron chi connectivity index (χ4n) is 3.64. The lowest BCUT2D eigenvalue weighted by atomic mass is 9.86. The molecule has 5 heteroatoms. The largest absolute Gasteiger partial charge is 0.478 e. The van der Waals surface area contributed by atoms with Gasteiger partial charge >= 0.3 is 5.97 Å². The number of nitrogens with zero attached hydrogens (tertiary/aromatic N) is 1. The van der Waals surface area contributed by atoms with Crippen molar-refractivity contribution in [2.45, 2.75) is 13.3 Å². The molecule has 32 heavy (non-hydrogen) atoms. The lowest BCUT2D eigenvalue weighted by Gasteiger charge is -2.18. The molecule has 3 rings (SSSR count). The molecule has 0 amide bonds. The van der Waals surface area contributed by atoms with Gasteiger partial charge in [0.15, 0.2) is 0 Å². The third-order valence-corrected chi connectivity index (χ3v) is 5.18. The lowest BCUT2D eigenvalue weighted by Crippen LogP contribution is -2.00. The Labute approximate surface area is 187 Å². The molecule has 0 aliphatic rings. The molecule has 0 aliphatic heterocycles. The minimum atomic E-state index is -1.00. The van der Waals surface area contributed by atoms with Gasteiger partial charge in [-0.25, -0.2) is 4.79 Å². The molecular weight excluding hydrogens is 398 g/mol. The van der Waals surface area contributed by atoms with E-state index in [4.69, 9.17) is 16.2 Å². The highest BCUT2D eigenvalue weighted by molar-refractivity contribution is 6.01. The summed E-state index contributed by atoms with van der Waals surface area (Å²) in [4.78, 5) is 10.8. The second-order valence-electron chi connectivity index (χ2n) is 7.15. The number of nitrogens with two attached hydrogens (primary N) is 1. The van der Waals surface area contributed by atoms with Gasteiger partial charge in [0.2, 0.25) is 0 Å². The van der Waals surface area contributed by atoms with Gasteiger partial charge in [-0.05, 0) is 64.1 Å². The van der Waals surface area contributed by atoms with Crippen LogP contribution in [0.1, 0.15) is 46.7 Å². The van der Waals surface area contributed by atoms with E-state index in [9.17, 15) is 10.1 Å². The van der Waals surface area contributed by atoms with Crippen LogP contribution in [0.3, 0.4) is 0 Å². The molecule has 0 heterocycles. The Morgan fingerprint density at radius 1 is 1.09 bits per heavy atom. The van der Waals surface area contributed by atoms with Gasteiger partial charge in [0, 0.05) is 23.5 Å². The molecule has 0 radical (unpaired) electrons. The average Bonchev–Trinajstić information content (AvgIpc) is 2.82. The second kappa shape index (κ2) is 10.1. The van der Waals surface area contributed by atoms with Gasteiger partial charge in [-0.1, -0.05) is 55.5 Å². The summed E-state index contributed by atoms with van der Waals surface area (Å²) in [6.45, 7) is 2.04. The maximum atomic E-state index is 10.8. The van der Waals surface area contributed by atoms with Crippen molar-refractivity contribution < 1.29 is 9.90 Å². The fraction of sp³-hybridized carbons (Fsp3) is 0.0741. The topological polar surface area (TPSA) is 111 Å². The Bertz CT molecular complexity index is 1260. The zero-order valence-electron chi connectivity index (χ0n) is 17.7. The molecule has 0 saturated heterocycles. The van der Waals surface area contributed by atoms with E-state index >= 15 is 0 Å². The standard InChI is InChI=1S/C27H23N3O2/c1-2-23(24-6-4-3-5-21(24)16-28)27(20-12-13-25(30)22(15-20)17-29)19-10-7-18(8-11-19)9-14-26(31)32/h3-15,17,29H,2,30H2,1H3,(H,31,32)/b14-9+,27-23+,29-17?. The number of anilines is 1. The van der Waals surface area contributed by atoms with Crippen LogP contribution in [0.15, 0.2) is 72.8 Å². The summed E-state index contributed by atoms with van der Waals surface area (Å²) in [6, 6.07) is 22.9. The fourth-order valence-corrected chi connectivity index (χ4v) is 3.64. The number of rotatable bonds is 7. The molecular formula is C27H23N3O2. The molecule has 3 aromatic carbocycles. The third-order valence-electron chi connectivity index (χ3n) is 5.18. The molecule has 4 N–H and O–H groups in total. The zero-order valence-corrected chi connectivity index (χ0v) is 17.7. The number of nitrogens with one attached hydrogen (secondary N) is 1. The molecule has 158 valence electrons. The van der Waals surface area contributed by atoms with Crippen LogP contribution in [0.2, 0.25) is 0 Å². The van der Waals surface area contributed by atoms with Gasteiger partial charge in [-0.2, -0.15) is 5.26 Å². The molecule has 5 nitrogen and oxygen atoms in total. The Morgan fingerprint density at radius 2 is 1.78 bits per heavy atom. The van der Waals surface area contributed by atoms with E-state index < -0.39 is 5.97 Å². The van der Waals surface area contributed by atoms with E-state index in [-0.39, 0.29) is 0 Å². The van der Waals surface area contributed by atoms with Crippen molar-refractivity contribution in [2.75, 3.05) is 5.73 Å². The zero-order chi connectivity index (χ0) is 23.1. The highest BCUT2D eigenvalue weighted by Gasteiger charge is 2.16. The van der Waals surface area contributed by atoms with Gasteiger partial charge in [-0.15, -0.1) is 0 Å². The maximum Gasteiger partial charge on any atom is 0.328 e. The smallest absolute Gasteiger partial charge is 0.328 e. The van der Waals surface area contributed by atoms with Crippen molar-refractivity contribution in [3.05, 3.63) is 106 Å². The first-order chi connectivity index (χ1) is 15.5. The minimum absolute atomic E-state index is 0.521. The summed E-state index contributed by atoms with van der Waals surface area (Å²) in [6.07, 6.45) is 4.55. The van der Waals surface area contributed by atoms with Crippen LogP contribution in [0.5, 0.6) is 0 Å². The summed E-state index contributed by atoms with van der Waals surface area (Å²) >= 11 is 0. The van der Waals surface area contributed by atoms with Crippen LogP contribution < -0.4 is 5.73 Å². The maximum absolute atomic E-state index is 10.8. The van der Waals surface area contributed by atoms with Crippen molar-refractivity contribution in [3.8, 4) is 6.07 Å². The Kier molecular flexibility index (Phi) is 6.99. The SMILES string of the molecule is CC/C(=C(/c1ccc(/C=C/C(=O)O)cc1)c1ccc(N)c(C=N)c1)c1ccccc1C#N. The second-order valence-corrected chi connectivity index (χ2v) is 7.15. The van der Waals surface area contributed by atoms with Crippen molar-refractivity contribution in [1.82, 2.24) is 0 Å². The third kappa shape index (κ3) is 4.82. The molecule has 0 aliphatic carbocycles. The van der Waals surface area contributed by atoms with Crippen LogP contribution >= 0.6 is 0 Å². The van der Waals surface area contributed by atoms with Gasteiger partial charge in [0.1, 0.15) is 0 Å². The minimum Gasteiger partial charge on any atom is -0.478 e. The number of carboxylic acid groups (broad SMARTS) is 1. The molecule has 0 unspecified atom stereocenters. The monoisotopic (exact) mass is 421 g/mol. The number of nitriles is 1. The van der Waals surface area contributed by atoms with Gasteiger partial charge in [-0.3, -0.25) is 0 Å². The van der Waals surface area contributed by atoms with E-state index in [0.717, 1.165) is 39.5 Å². The first-order valence-corrected chi connectivity index (χ1v) is 10.1. The number of carbonyl (C=O) groups is 1. The first kappa shape index (κ1) is 22.3. The Balaban J connectivity index is 2.29. The number of aliphatic carboxylic acids is 1. The van der Waals surface area contributed by atoms with Crippen LogP contribution in [0.25, 0.3) is 17.2 Å². The predicted molar refractivity (Wildman–Crippen MR) is 129 cm³/mol. The number of nitrogen functional groups attached to an aromatic ring is 1.